The topological polar surface area (TPSA) is 22.0 Å². The third-order valence-corrected chi connectivity index (χ3v) is 1.41. The van der Waals surface area contributed by atoms with Crippen LogP contribution in [-0.4, -0.2) is 18.2 Å². The van der Waals surface area contributed by atoms with E-state index in [4.69, 9.17) is 7.85 Å². The molecule has 1 aromatic rings. The Morgan fingerprint density at radius 1 is 1.80 bits per heavy atom. The molecule has 0 N–H and O–H groups in total. The number of carbonyl (C=O) groups excluding carboxylic acids is 1. The van der Waals surface area contributed by atoms with Gasteiger partial charge in [-0.2, -0.15) is 0 Å². The van der Waals surface area contributed by atoms with Gasteiger partial charge in [0.2, 0.25) is 0 Å². The third kappa shape index (κ3) is 1.13. The fraction of sp³-hybridized carbons (Fsp3) is 0.286. The highest BCUT2D eigenvalue weighted by Gasteiger charge is 2.03. The molecular weight excluding hydrogens is 125 g/mol. The van der Waals surface area contributed by atoms with Gasteiger partial charge in [-0.25, -0.2) is 0 Å². The van der Waals surface area contributed by atoms with E-state index in [2.05, 4.69) is 0 Å². The quantitative estimate of drug-likeness (QED) is 0.431. The van der Waals surface area contributed by atoms with Crippen LogP contribution in [0.3, 0.4) is 0 Å². The zero-order valence-corrected chi connectivity index (χ0v) is 5.87. The van der Waals surface area contributed by atoms with Crippen LogP contribution < -0.4 is 0 Å². The van der Waals surface area contributed by atoms with Crippen molar-refractivity contribution in [3.8, 4) is 0 Å². The van der Waals surface area contributed by atoms with Crippen molar-refractivity contribution in [3.63, 3.8) is 0 Å². The Balaban J connectivity index is 2.93. The Labute approximate surface area is 61.3 Å². The molecule has 1 aromatic heterocycles. The van der Waals surface area contributed by atoms with Gasteiger partial charge >= 0.3 is 0 Å². The molecule has 0 bridgehead atoms. The molecule has 2 radical (unpaired) electrons. The standard InChI is InChI=1S/C7H8BNO/c1-9-4-2-3-6(9)7(10)5-8/h2-4H,5H2,1H3. The van der Waals surface area contributed by atoms with Crippen LogP contribution in [0.5, 0.6) is 0 Å². The Kier molecular flexibility index (Phi) is 1.95. The Bertz CT molecular complexity index is 242. The molecule has 1 heterocycles. The lowest BCUT2D eigenvalue weighted by atomic mass is 9.99. The van der Waals surface area contributed by atoms with E-state index in [1.54, 1.807) is 10.6 Å². The smallest absolute Gasteiger partial charge is 0.170 e. The summed E-state index contributed by atoms with van der Waals surface area (Å²) in [5.74, 6) is -0.0208. The Hall–Kier alpha value is -0.985. The maximum absolute atomic E-state index is 10.9. The normalized spacial score (nSPS) is 9.70. The van der Waals surface area contributed by atoms with Crippen LogP contribution in [0, 0.1) is 0 Å². The molecule has 0 aromatic carbocycles. The van der Waals surface area contributed by atoms with Gasteiger partial charge in [-0.05, 0) is 18.5 Å². The summed E-state index contributed by atoms with van der Waals surface area (Å²) < 4.78 is 1.76. The van der Waals surface area contributed by atoms with E-state index in [0.29, 0.717) is 5.69 Å². The van der Waals surface area contributed by atoms with Crippen molar-refractivity contribution in [2.45, 2.75) is 6.32 Å². The molecule has 0 aliphatic heterocycles. The highest BCUT2D eigenvalue weighted by Crippen LogP contribution is 2.01. The number of nitrogens with zero attached hydrogens (tertiary/aromatic N) is 1. The molecule has 0 saturated heterocycles. The first-order chi connectivity index (χ1) is 4.75. The van der Waals surface area contributed by atoms with Gasteiger partial charge in [-0.3, -0.25) is 4.79 Å². The van der Waals surface area contributed by atoms with Crippen LogP contribution in [0.1, 0.15) is 10.5 Å². The lowest BCUT2D eigenvalue weighted by molar-refractivity contribution is 0.101. The molecule has 0 unspecified atom stereocenters. The van der Waals surface area contributed by atoms with Crippen molar-refractivity contribution >= 4 is 13.6 Å². The second-order valence-electron chi connectivity index (χ2n) is 2.13. The molecule has 50 valence electrons. The minimum absolute atomic E-state index is 0.0208. The summed E-state index contributed by atoms with van der Waals surface area (Å²) in [5.41, 5.74) is 0.669. The van der Waals surface area contributed by atoms with Crippen LogP contribution in [0.15, 0.2) is 18.3 Å². The summed E-state index contributed by atoms with van der Waals surface area (Å²) >= 11 is 0. The molecular formula is C7H8BNO. The van der Waals surface area contributed by atoms with Crippen molar-refractivity contribution in [1.29, 1.82) is 0 Å². The maximum atomic E-state index is 10.9. The summed E-state index contributed by atoms with van der Waals surface area (Å²) in [4.78, 5) is 10.9. The number of carbonyl (C=O) groups is 1. The van der Waals surface area contributed by atoms with Gasteiger partial charge in [0.25, 0.3) is 0 Å². The SMILES string of the molecule is [B]CC(=O)c1cccn1C. The highest BCUT2D eigenvalue weighted by atomic mass is 16.1. The average Bonchev–Trinajstić information content (AvgIpc) is 2.34. The second kappa shape index (κ2) is 2.73. The van der Waals surface area contributed by atoms with Crippen molar-refractivity contribution in [1.82, 2.24) is 4.57 Å². The van der Waals surface area contributed by atoms with E-state index >= 15 is 0 Å². The fourth-order valence-electron chi connectivity index (χ4n) is 0.855. The monoisotopic (exact) mass is 133 g/mol. The lowest BCUT2D eigenvalue weighted by Crippen LogP contribution is -2.03. The summed E-state index contributed by atoms with van der Waals surface area (Å²) in [7, 11) is 6.99. The second-order valence-corrected chi connectivity index (χ2v) is 2.13. The number of ketones is 1. The number of Topliss-reactive ketones (excluding diaryl/α,β-unsaturated/α-hetero) is 1. The molecule has 0 atom stereocenters. The minimum atomic E-state index is -0.0208. The van der Waals surface area contributed by atoms with E-state index in [1.807, 2.05) is 19.3 Å². The first-order valence-corrected chi connectivity index (χ1v) is 3.10. The zero-order valence-electron chi connectivity index (χ0n) is 5.87. The molecule has 2 nitrogen and oxygen atoms in total. The summed E-state index contributed by atoms with van der Waals surface area (Å²) in [5, 5.41) is 0. The number of hydrogen-bond donors (Lipinski definition) is 0. The maximum Gasteiger partial charge on any atom is 0.170 e. The van der Waals surface area contributed by atoms with Gasteiger partial charge in [0.05, 0.1) is 13.5 Å². The van der Waals surface area contributed by atoms with E-state index in [-0.39, 0.29) is 12.1 Å². The molecule has 0 aliphatic rings. The van der Waals surface area contributed by atoms with Crippen LogP contribution >= 0.6 is 0 Å². The highest BCUT2D eigenvalue weighted by molar-refractivity contribution is 6.23. The van der Waals surface area contributed by atoms with Gasteiger partial charge < -0.3 is 4.57 Å². The van der Waals surface area contributed by atoms with E-state index in [1.165, 1.54) is 0 Å². The Morgan fingerprint density at radius 3 is 2.90 bits per heavy atom. The van der Waals surface area contributed by atoms with Crippen molar-refractivity contribution in [2.75, 3.05) is 0 Å². The summed E-state index contributed by atoms with van der Waals surface area (Å²) in [6.07, 6.45) is 1.90. The number of hydrogen-bond acceptors (Lipinski definition) is 1. The molecule has 1 rings (SSSR count). The molecule has 0 aliphatic carbocycles. The van der Waals surface area contributed by atoms with E-state index in [0.717, 1.165) is 0 Å². The minimum Gasteiger partial charge on any atom is -0.348 e. The number of aryl methyl sites for hydroxylation is 1. The first kappa shape index (κ1) is 7.13. The molecule has 0 fully saturated rings. The Morgan fingerprint density at radius 2 is 2.50 bits per heavy atom. The molecule has 10 heavy (non-hydrogen) atoms. The zero-order chi connectivity index (χ0) is 7.56. The predicted octanol–water partition coefficient (Wildman–Crippen LogP) is 0.795. The van der Waals surface area contributed by atoms with E-state index < -0.39 is 0 Å². The van der Waals surface area contributed by atoms with E-state index in [9.17, 15) is 4.79 Å². The third-order valence-electron chi connectivity index (χ3n) is 1.41. The van der Waals surface area contributed by atoms with Crippen molar-refractivity contribution in [3.05, 3.63) is 24.0 Å². The molecule has 0 saturated carbocycles. The molecule has 0 amide bonds. The first-order valence-electron chi connectivity index (χ1n) is 3.10. The summed E-state index contributed by atoms with van der Waals surface area (Å²) in [6, 6.07) is 3.58. The van der Waals surface area contributed by atoms with Crippen molar-refractivity contribution < 1.29 is 4.79 Å². The predicted molar refractivity (Wildman–Crippen MR) is 40.3 cm³/mol. The molecule has 3 heteroatoms. The van der Waals surface area contributed by atoms with Gasteiger partial charge in [0.1, 0.15) is 0 Å². The van der Waals surface area contributed by atoms with Gasteiger partial charge in [-0.1, -0.05) is 0 Å². The van der Waals surface area contributed by atoms with Gasteiger partial charge in [-0.15, -0.1) is 0 Å². The van der Waals surface area contributed by atoms with Gasteiger partial charge in [0.15, 0.2) is 5.78 Å². The lowest BCUT2D eigenvalue weighted by Gasteiger charge is -1.97. The van der Waals surface area contributed by atoms with Crippen LogP contribution in [0.25, 0.3) is 0 Å². The average molecular weight is 133 g/mol. The largest absolute Gasteiger partial charge is 0.348 e. The fourth-order valence-corrected chi connectivity index (χ4v) is 0.855. The van der Waals surface area contributed by atoms with Crippen LogP contribution in [0.4, 0.5) is 0 Å². The van der Waals surface area contributed by atoms with Crippen LogP contribution in [-0.2, 0) is 7.05 Å². The number of aromatic nitrogens is 1. The van der Waals surface area contributed by atoms with Crippen molar-refractivity contribution in [2.24, 2.45) is 7.05 Å². The number of rotatable bonds is 2. The summed E-state index contributed by atoms with van der Waals surface area (Å²) in [6.45, 7) is 0. The van der Waals surface area contributed by atoms with Crippen LogP contribution in [0.2, 0.25) is 6.32 Å². The van der Waals surface area contributed by atoms with Gasteiger partial charge in [0, 0.05) is 13.2 Å². The molecule has 0 spiro atoms.